The van der Waals surface area contributed by atoms with Gasteiger partial charge in [0.1, 0.15) is 6.04 Å². The molecule has 5 nitrogen and oxygen atoms in total. The predicted molar refractivity (Wildman–Crippen MR) is 98.0 cm³/mol. The first-order chi connectivity index (χ1) is 11.2. The van der Waals surface area contributed by atoms with Gasteiger partial charge in [-0.3, -0.25) is 9.10 Å². The first kappa shape index (κ1) is 18.3. The average molecular weight is 367 g/mol. The zero-order valence-corrected chi connectivity index (χ0v) is 15.2. The average Bonchev–Trinajstić information content (AvgIpc) is 2.48. The quantitative estimate of drug-likeness (QED) is 0.881. The van der Waals surface area contributed by atoms with E-state index in [2.05, 4.69) is 5.32 Å². The van der Waals surface area contributed by atoms with Crippen LogP contribution in [0.25, 0.3) is 0 Å². The Morgan fingerprint density at radius 1 is 1.17 bits per heavy atom. The number of carbonyl (C=O) groups excluding carboxylic acids is 1. The molecule has 2 aromatic rings. The SMILES string of the molecule is Cc1ccc(NC(=O)[C@@H](C)N(c2cccc(Cl)c2)S(C)(=O)=O)cc1. The van der Waals surface area contributed by atoms with Crippen molar-refractivity contribution in [3.05, 3.63) is 59.1 Å². The lowest BCUT2D eigenvalue weighted by molar-refractivity contribution is -0.116. The summed E-state index contributed by atoms with van der Waals surface area (Å²) < 4.78 is 25.4. The Labute approximate surface area is 147 Å². The van der Waals surface area contributed by atoms with Gasteiger partial charge in [-0.2, -0.15) is 0 Å². The van der Waals surface area contributed by atoms with Gasteiger partial charge in [0.15, 0.2) is 0 Å². The maximum Gasteiger partial charge on any atom is 0.247 e. The summed E-state index contributed by atoms with van der Waals surface area (Å²) in [5.74, 6) is -0.427. The summed E-state index contributed by atoms with van der Waals surface area (Å²) in [6, 6.07) is 12.7. The van der Waals surface area contributed by atoms with Crippen molar-refractivity contribution in [2.45, 2.75) is 19.9 Å². The molecule has 0 aliphatic heterocycles. The minimum atomic E-state index is -3.66. The van der Waals surface area contributed by atoms with Crippen LogP contribution >= 0.6 is 11.6 Å². The number of anilines is 2. The lowest BCUT2D eigenvalue weighted by atomic mass is 10.2. The molecule has 0 aliphatic rings. The third kappa shape index (κ3) is 4.49. The second kappa shape index (κ2) is 7.23. The monoisotopic (exact) mass is 366 g/mol. The largest absolute Gasteiger partial charge is 0.324 e. The minimum Gasteiger partial charge on any atom is -0.324 e. The molecule has 0 radical (unpaired) electrons. The van der Waals surface area contributed by atoms with Gasteiger partial charge in [-0.1, -0.05) is 35.4 Å². The summed E-state index contributed by atoms with van der Waals surface area (Å²) >= 11 is 5.95. The molecule has 2 rings (SSSR count). The van der Waals surface area contributed by atoms with Crippen LogP contribution < -0.4 is 9.62 Å². The molecule has 1 N–H and O–H groups in total. The second-order valence-corrected chi connectivity index (χ2v) is 7.87. The predicted octanol–water partition coefficient (Wildman–Crippen LogP) is 3.44. The Balaban J connectivity index is 2.29. The van der Waals surface area contributed by atoms with Crippen molar-refractivity contribution < 1.29 is 13.2 Å². The third-order valence-corrected chi connectivity index (χ3v) is 4.95. The first-order valence-electron chi connectivity index (χ1n) is 7.31. The van der Waals surface area contributed by atoms with Crippen molar-refractivity contribution in [2.75, 3.05) is 15.9 Å². The van der Waals surface area contributed by atoms with Crippen molar-refractivity contribution in [1.82, 2.24) is 0 Å². The molecule has 128 valence electrons. The summed E-state index contributed by atoms with van der Waals surface area (Å²) in [6.45, 7) is 3.48. The highest BCUT2D eigenvalue weighted by atomic mass is 35.5. The molecule has 1 atom stereocenters. The van der Waals surface area contributed by atoms with Crippen LogP contribution in [0.4, 0.5) is 11.4 Å². The molecule has 24 heavy (non-hydrogen) atoms. The highest BCUT2D eigenvalue weighted by molar-refractivity contribution is 7.92. The van der Waals surface area contributed by atoms with Crippen LogP contribution in [0.2, 0.25) is 5.02 Å². The van der Waals surface area contributed by atoms with E-state index in [1.807, 2.05) is 19.1 Å². The lowest BCUT2D eigenvalue weighted by Gasteiger charge is -2.28. The first-order valence-corrected chi connectivity index (χ1v) is 9.53. The number of benzene rings is 2. The molecule has 0 spiro atoms. The topological polar surface area (TPSA) is 66.5 Å². The number of halogens is 1. The highest BCUT2D eigenvalue weighted by Gasteiger charge is 2.29. The van der Waals surface area contributed by atoms with Crippen molar-refractivity contribution >= 4 is 38.9 Å². The van der Waals surface area contributed by atoms with Crippen LogP contribution in [0.3, 0.4) is 0 Å². The maximum atomic E-state index is 12.5. The zero-order valence-electron chi connectivity index (χ0n) is 13.7. The van der Waals surface area contributed by atoms with E-state index in [0.29, 0.717) is 16.4 Å². The van der Waals surface area contributed by atoms with Gasteiger partial charge in [-0.15, -0.1) is 0 Å². The molecular formula is C17H19ClN2O3S. The molecule has 1 amide bonds. The van der Waals surface area contributed by atoms with Crippen LogP contribution in [0.5, 0.6) is 0 Å². The Morgan fingerprint density at radius 3 is 2.33 bits per heavy atom. The number of nitrogens with one attached hydrogen (secondary N) is 1. The van der Waals surface area contributed by atoms with Crippen LogP contribution in [0, 0.1) is 6.92 Å². The number of hydrogen-bond acceptors (Lipinski definition) is 3. The van der Waals surface area contributed by atoms with Gasteiger partial charge >= 0.3 is 0 Å². The van der Waals surface area contributed by atoms with Crippen molar-refractivity contribution in [3.63, 3.8) is 0 Å². The number of aryl methyl sites for hydroxylation is 1. The summed E-state index contributed by atoms with van der Waals surface area (Å²) in [5, 5.41) is 3.12. The fraction of sp³-hybridized carbons (Fsp3) is 0.235. The Bertz CT molecular complexity index is 835. The Hall–Kier alpha value is -2.05. The van der Waals surface area contributed by atoms with Gasteiger partial charge in [-0.25, -0.2) is 8.42 Å². The van der Waals surface area contributed by atoms with E-state index in [1.165, 1.54) is 13.0 Å². The van der Waals surface area contributed by atoms with Crippen molar-refractivity contribution in [1.29, 1.82) is 0 Å². The summed E-state index contributed by atoms with van der Waals surface area (Å²) in [4.78, 5) is 12.5. The van der Waals surface area contributed by atoms with E-state index >= 15 is 0 Å². The zero-order chi connectivity index (χ0) is 17.9. The van der Waals surface area contributed by atoms with Gasteiger partial charge < -0.3 is 5.32 Å². The highest BCUT2D eigenvalue weighted by Crippen LogP contribution is 2.24. The molecule has 7 heteroatoms. The van der Waals surface area contributed by atoms with E-state index in [-0.39, 0.29) is 0 Å². The number of sulfonamides is 1. The van der Waals surface area contributed by atoms with E-state index in [4.69, 9.17) is 11.6 Å². The lowest BCUT2D eigenvalue weighted by Crippen LogP contribution is -2.45. The molecule has 0 fully saturated rings. The number of carbonyl (C=O) groups is 1. The molecular weight excluding hydrogens is 348 g/mol. The van der Waals surface area contributed by atoms with Crippen LogP contribution in [-0.2, 0) is 14.8 Å². The fourth-order valence-electron chi connectivity index (χ4n) is 2.31. The Morgan fingerprint density at radius 2 is 1.79 bits per heavy atom. The molecule has 0 heterocycles. The van der Waals surface area contributed by atoms with Crippen LogP contribution in [0.1, 0.15) is 12.5 Å². The molecule has 0 unspecified atom stereocenters. The smallest absolute Gasteiger partial charge is 0.247 e. The van der Waals surface area contributed by atoms with Crippen LogP contribution in [0.15, 0.2) is 48.5 Å². The summed E-state index contributed by atoms with van der Waals surface area (Å²) in [7, 11) is -3.66. The summed E-state index contributed by atoms with van der Waals surface area (Å²) in [6.07, 6.45) is 1.06. The van der Waals surface area contributed by atoms with Gasteiger partial charge in [0.05, 0.1) is 11.9 Å². The molecule has 0 saturated carbocycles. The summed E-state index contributed by atoms with van der Waals surface area (Å²) in [5.41, 5.74) is 2.02. The van der Waals surface area contributed by atoms with E-state index in [0.717, 1.165) is 16.1 Å². The number of hydrogen-bond donors (Lipinski definition) is 1. The van der Waals surface area contributed by atoms with Gasteiger partial charge in [0.25, 0.3) is 0 Å². The van der Waals surface area contributed by atoms with Crippen molar-refractivity contribution in [2.24, 2.45) is 0 Å². The number of nitrogens with zero attached hydrogens (tertiary/aromatic N) is 1. The number of amides is 1. The maximum absolute atomic E-state index is 12.5. The normalized spacial score (nSPS) is 12.5. The molecule has 0 bridgehead atoms. The standard InChI is InChI=1S/C17H19ClN2O3S/c1-12-7-9-15(10-8-12)19-17(21)13(2)20(24(3,22)23)16-6-4-5-14(18)11-16/h4-11,13H,1-3H3,(H,19,21)/t13-/m1/s1. The van der Waals surface area contributed by atoms with E-state index < -0.39 is 22.0 Å². The van der Waals surface area contributed by atoms with Gasteiger partial charge in [-0.05, 0) is 44.2 Å². The van der Waals surface area contributed by atoms with Crippen molar-refractivity contribution in [3.8, 4) is 0 Å². The molecule has 0 saturated heterocycles. The third-order valence-electron chi connectivity index (χ3n) is 3.47. The van der Waals surface area contributed by atoms with Crippen LogP contribution in [-0.4, -0.2) is 26.6 Å². The minimum absolute atomic E-state index is 0.344. The van der Waals surface area contributed by atoms with E-state index in [9.17, 15) is 13.2 Å². The Kier molecular flexibility index (Phi) is 5.51. The molecule has 0 aliphatic carbocycles. The van der Waals surface area contributed by atoms with Gasteiger partial charge in [0, 0.05) is 10.7 Å². The van der Waals surface area contributed by atoms with E-state index in [1.54, 1.807) is 30.3 Å². The molecule has 2 aromatic carbocycles. The fourth-order valence-corrected chi connectivity index (χ4v) is 3.66. The second-order valence-electron chi connectivity index (χ2n) is 5.57. The number of rotatable bonds is 5. The van der Waals surface area contributed by atoms with Gasteiger partial charge in [0.2, 0.25) is 15.9 Å². The molecule has 0 aromatic heterocycles.